The van der Waals surface area contributed by atoms with Crippen LogP contribution in [0.1, 0.15) is 0 Å². The van der Waals surface area contributed by atoms with Crippen LogP contribution in [0.2, 0.25) is 0 Å². The third-order valence-corrected chi connectivity index (χ3v) is 0.458. The van der Waals surface area contributed by atoms with Gasteiger partial charge in [-0.2, -0.15) is 0 Å². The fourth-order valence-corrected chi connectivity index (χ4v) is 0.247. The molecule has 0 aromatic rings. The predicted octanol–water partition coefficient (Wildman–Crippen LogP) is 0.117. The summed E-state index contributed by atoms with van der Waals surface area (Å²) in [5.41, 5.74) is 0. The topological polar surface area (TPSA) is 143 Å². The van der Waals surface area contributed by atoms with Gasteiger partial charge in [-0.25, -0.2) is 14.4 Å². The van der Waals surface area contributed by atoms with Crippen molar-refractivity contribution in [3.05, 3.63) is 0 Å². The minimum Gasteiger partial charge on any atom is -0.448 e. The number of hydrogen-bond donors (Lipinski definition) is 3. The molecular weight excluding hydrogens is 194 g/mol. The van der Waals surface area contributed by atoms with E-state index in [0.717, 1.165) is 0 Å². The van der Waals surface area contributed by atoms with Crippen LogP contribution in [0.4, 0.5) is 14.4 Å². The summed E-state index contributed by atoms with van der Waals surface area (Å²) in [6.07, 6.45) is -6.03. The summed E-state index contributed by atoms with van der Waals surface area (Å²) >= 11 is 0. The van der Waals surface area contributed by atoms with Gasteiger partial charge in [0.25, 0.3) is 5.39 Å². The molecule has 0 spiro atoms. The van der Waals surface area contributed by atoms with Gasteiger partial charge in [-0.15, -0.1) is 0 Å². The monoisotopic (exact) mass is 197 g/mol. The predicted molar refractivity (Wildman–Crippen MR) is 29.2 cm³/mol. The van der Waals surface area contributed by atoms with Gasteiger partial charge in [0.05, 0.1) is 0 Å². The average Bonchev–Trinajstić information content (AvgIpc) is 1.80. The zero-order valence-electron chi connectivity index (χ0n) is 5.74. The second kappa shape index (κ2) is 4.61. The van der Waals surface area contributed by atoms with E-state index < -0.39 is 23.9 Å². The molecule has 0 amide bonds. The van der Waals surface area contributed by atoms with E-state index in [0.29, 0.717) is 0 Å². The van der Waals surface area contributed by atoms with Crippen molar-refractivity contribution in [3.63, 3.8) is 0 Å². The largest absolute Gasteiger partial charge is 0.530 e. The van der Waals surface area contributed by atoms with Gasteiger partial charge in [0.15, 0.2) is 0 Å². The van der Waals surface area contributed by atoms with Crippen molar-refractivity contribution in [2.45, 2.75) is 0 Å². The molecule has 0 atom stereocenters. The second-order valence-electron chi connectivity index (χ2n) is 1.30. The lowest BCUT2D eigenvalue weighted by Crippen LogP contribution is -2.31. The van der Waals surface area contributed by atoms with Crippen molar-refractivity contribution in [2.75, 3.05) is 0 Å². The molecule has 0 aliphatic heterocycles. The fraction of sp³-hybridized carbons (Fsp3) is 0. The summed E-state index contributed by atoms with van der Waals surface area (Å²) in [5, 5.41) is 23.0. The third kappa shape index (κ3) is 6.18. The van der Waals surface area contributed by atoms with E-state index in [1.54, 1.807) is 0 Å². The highest BCUT2D eigenvalue weighted by Gasteiger charge is 2.21. The van der Waals surface area contributed by atoms with Crippen LogP contribution in [0.3, 0.4) is 0 Å². The van der Waals surface area contributed by atoms with Gasteiger partial charge in [-0.1, -0.05) is 0 Å². The summed E-state index contributed by atoms with van der Waals surface area (Å²) < 4.78 is 0. The van der Waals surface area contributed by atoms with Crippen molar-refractivity contribution >= 4 is 18.5 Å². The van der Waals surface area contributed by atoms with E-state index in [2.05, 4.69) is 14.5 Å². The summed E-state index contributed by atoms with van der Waals surface area (Å²) in [6, 6.07) is 0. The van der Waals surface area contributed by atoms with Crippen LogP contribution in [0.5, 0.6) is 0 Å². The maximum atomic E-state index is 9.76. The lowest BCUT2D eigenvalue weighted by Gasteiger charge is -2.10. The molecule has 0 radical (unpaired) electrons. The molecule has 74 valence electrons. The molecule has 0 saturated carbocycles. The molecule has 13 heavy (non-hydrogen) atoms. The Balaban J connectivity index is 4.10. The summed E-state index contributed by atoms with van der Waals surface area (Å²) in [5.74, 6) is 0. The molecule has 0 aromatic heterocycles. The molecule has 0 aliphatic carbocycles. The van der Waals surface area contributed by atoms with Crippen LogP contribution in [0, 0.1) is 0 Å². The Morgan fingerprint density at radius 1 is 0.769 bits per heavy atom. The Bertz CT molecular complexity index is 185. The van der Waals surface area contributed by atoms with Crippen molar-refractivity contribution in [2.24, 2.45) is 0 Å². The van der Waals surface area contributed by atoms with E-state index >= 15 is 0 Å². The Morgan fingerprint density at radius 2 is 1.00 bits per heavy atom. The van der Waals surface area contributed by atoms with E-state index in [4.69, 9.17) is 15.3 Å². The molecule has 0 aliphatic rings. The van der Waals surface area contributed by atoms with Gasteiger partial charge < -0.3 is 15.3 Å². The van der Waals surface area contributed by atoms with Gasteiger partial charge in [-0.3, -0.25) is 14.5 Å². The van der Waals surface area contributed by atoms with Crippen molar-refractivity contribution < 1.29 is 44.2 Å². The lowest BCUT2D eigenvalue weighted by molar-refractivity contribution is -0.460. The van der Waals surface area contributed by atoms with E-state index in [1.165, 1.54) is 0 Å². The first-order valence-corrected chi connectivity index (χ1v) is 2.44. The third-order valence-electron chi connectivity index (χ3n) is 0.458. The normalized spacial score (nSPS) is 9.00. The highest BCUT2D eigenvalue weighted by Crippen LogP contribution is 1.96. The minimum atomic E-state index is -2.01. The number of hydrogen-bond acceptors (Lipinski definition) is 7. The first kappa shape index (κ1) is 10.8. The Kier molecular flexibility index (Phi) is 3.82. The van der Waals surface area contributed by atoms with Crippen LogP contribution in [-0.4, -0.2) is 39.2 Å². The highest BCUT2D eigenvalue weighted by molar-refractivity contribution is 5.59. The second-order valence-corrected chi connectivity index (χ2v) is 1.30. The number of carbonyl (C=O) groups is 3. The molecule has 0 saturated heterocycles. The average molecular weight is 197 g/mol. The maximum absolute atomic E-state index is 9.76. The Hall–Kier alpha value is -2.23. The molecule has 10 nitrogen and oxygen atoms in total. The molecular formula is C3H3NO9. The lowest BCUT2D eigenvalue weighted by atomic mass is 11.4. The molecule has 0 aromatic carbocycles. The van der Waals surface area contributed by atoms with Gasteiger partial charge in [0, 0.05) is 0 Å². The Labute approximate surface area is 69.3 Å². The molecule has 0 unspecified atom stereocenters. The smallest absolute Gasteiger partial charge is 0.448 e. The van der Waals surface area contributed by atoms with Crippen LogP contribution >= 0.6 is 0 Å². The molecule has 0 fully saturated rings. The van der Waals surface area contributed by atoms with Crippen LogP contribution in [0.25, 0.3) is 0 Å². The Morgan fingerprint density at radius 3 is 1.15 bits per heavy atom. The minimum absolute atomic E-state index is 0.701. The van der Waals surface area contributed by atoms with Crippen molar-refractivity contribution in [1.29, 1.82) is 0 Å². The maximum Gasteiger partial charge on any atom is 0.530 e. The molecule has 0 bridgehead atoms. The molecule has 0 rings (SSSR count). The standard InChI is InChI=1S/C3H3NO9/c5-1(6)11-4(12-2(7)8)13-3(9)10/h(H,5,6)(H,7,8)(H,9,10). The van der Waals surface area contributed by atoms with Crippen LogP contribution < -0.4 is 0 Å². The van der Waals surface area contributed by atoms with Gasteiger partial charge in [0.2, 0.25) is 0 Å². The summed E-state index contributed by atoms with van der Waals surface area (Å²) in [6.45, 7) is 0. The zero-order valence-corrected chi connectivity index (χ0v) is 5.74. The van der Waals surface area contributed by atoms with Crippen LogP contribution in [0.15, 0.2) is 0 Å². The van der Waals surface area contributed by atoms with E-state index in [9.17, 15) is 14.4 Å². The summed E-state index contributed by atoms with van der Waals surface area (Å²) in [4.78, 5) is 39.5. The van der Waals surface area contributed by atoms with Gasteiger partial charge in [-0.05, 0) is 0 Å². The highest BCUT2D eigenvalue weighted by atomic mass is 17.2. The SMILES string of the molecule is O=C(O)ON(OC(=O)O)OC(=O)O. The number of rotatable bonds is 3. The fourth-order valence-electron chi connectivity index (χ4n) is 0.247. The zero-order chi connectivity index (χ0) is 10.4. The number of carboxylic acid groups (broad SMARTS) is 3. The molecule has 3 N–H and O–H groups in total. The quantitative estimate of drug-likeness (QED) is 0.533. The van der Waals surface area contributed by atoms with Crippen LogP contribution in [-0.2, 0) is 14.5 Å². The number of nitrogens with zero attached hydrogens (tertiary/aromatic N) is 1. The first-order valence-electron chi connectivity index (χ1n) is 2.44. The van der Waals surface area contributed by atoms with E-state index in [-0.39, 0.29) is 0 Å². The molecule has 10 heteroatoms. The van der Waals surface area contributed by atoms with Gasteiger partial charge in [0.1, 0.15) is 0 Å². The summed E-state index contributed by atoms with van der Waals surface area (Å²) in [7, 11) is 0. The van der Waals surface area contributed by atoms with E-state index in [1.807, 2.05) is 0 Å². The first-order chi connectivity index (χ1) is 5.91. The van der Waals surface area contributed by atoms with Gasteiger partial charge >= 0.3 is 18.5 Å². The van der Waals surface area contributed by atoms with Crippen molar-refractivity contribution in [3.8, 4) is 0 Å². The molecule has 0 heterocycles. The van der Waals surface area contributed by atoms with Crippen molar-refractivity contribution in [1.82, 2.24) is 5.39 Å².